The van der Waals surface area contributed by atoms with Crippen molar-refractivity contribution in [1.29, 1.82) is 0 Å². The minimum atomic E-state index is -1.30. The smallest absolute Gasteiger partial charge is 0.186 e. The van der Waals surface area contributed by atoms with Crippen LogP contribution in [0, 0.1) is 10.8 Å². The van der Waals surface area contributed by atoms with Crippen LogP contribution in [0.3, 0.4) is 0 Å². The Morgan fingerprint density at radius 2 is 1.06 bits per heavy atom. The van der Waals surface area contributed by atoms with Gasteiger partial charge in [-0.05, 0) is 96.1 Å². The number of hydrogen-bond donors (Lipinski definition) is 4. The fraction of sp³-hybridized carbons (Fsp3) is 0.522. The van der Waals surface area contributed by atoms with Crippen LogP contribution in [-0.2, 0) is 9.47 Å². The maximum atomic E-state index is 10.4. The van der Waals surface area contributed by atoms with E-state index in [0.717, 1.165) is 30.4 Å². The summed E-state index contributed by atoms with van der Waals surface area (Å²) < 4.78 is 11.8. The molecule has 0 saturated carbocycles. The van der Waals surface area contributed by atoms with Gasteiger partial charge in [-0.1, -0.05) is 146 Å². The van der Waals surface area contributed by atoms with E-state index < -0.39 is 30.7 Å². The van der Waals surface area contributed by atoms with Gasteiger partial charge in [-0.15, -0.1) is 0 Å². The Labute approximate surface area is 314 Å². The third-order valence-electron chi connectivity index (χ3n) is 10.4. The van der Waals surface area contributed by atoms with E-state index in [1.54, 1.807) is 6.92 Å². The summed E-state index contributed by atoms with van der Waals surface area (Å²) in [7, 11) is 0. The van der Waals surface area contributed by atoms with Gasteiger partial charge in [-0.3, -0.25) is 0 Å². The molecular formula is C46H66O6. The van der Waals surface area contributed by atoms with Gasteiger partial charge in [0.15, 0.2) is 6.29 Å². The summed E-state index contributed by atoms with van der Waals surface area (Å²) in [6.07, 6.45) is 26.9. The number of ether oxygens (including phenoxy) is 2. The molecule has 1 fully saturated rings. The highest BCUT2D eigenvalue weighted by Crippen LogP contribution is 2.43. The highest BCUT2D eigenvalue weighted by molar-refractivity contribution is 5.39. The Kier molecular flexibility index (Phi) is 16.1. The first-order valence-corrected chi connectivity index (χ1v) is 18.8. The van der Waals surface area contributed by atoms with E-state index in [4.69, 9.17) is 9.47 Å². The Morgan fingerprint density at radius 3 is 1.54 bits per heavy atom. The molecule has 2 aliphatic carbocycles. The molecule has 4 N–H and O–H groups in total. The van der Waals surface area contributed by atoms with E-state index in [0.29, 0.717) is 6.42 Å². The van der Waals surface area contributed by atoms with Crippen LogP contribution >= 0.6 is 0 Å². The second kappa shape index (κ2) is 19.3. The topological polar surface area (TPSA) is 99.4 Å². The molecule has 1 saturated heterocycles. The fourth-order valence-electron chi connectivity index (χ4n) is 7.51. The average molecular weight is 715 g/mol. The largest absolute Gasteiger partial charge is 0.393 e. The summed E-state index contributed by atoms with van der Waals surface area (Å²) in [6.45, 7) is 23.1. The first-order valence-electron chi connectivity index (χ1n) is 18.8. The first-order chi connectivity index (χ1) is 24.3. The predicted molar refractivity (Wildman–Crippen MR) is 215 cm³/mol. The lowest BCUT2D eigenvalue weighted by Crippen LogP contribution is -2.58. The summed E-state index contributed by atoms with van der Waals surface area (Å²) in [5, 5.41) is 40.7. The molecule has 0 radical (unpaired) electrons. The molecule has 7 atom stereocenters. The fourth-order valence-corrected chi connectivity index (χ4v) is 7.51. The van der Waals surface area contributed by atoms with E-state index in [9.17, 15) is 20.4 Å². The molecule has 3 aliphatic rings. The Bertz CT molecular complexity index is 1580. The molecule has 0 unspecified atom stereocenters. The molecule has 3 rings (SSSR count). The molecule has 0 amide bonds. The normalized spacial score (nSPS) is 31.5. The predicted octanol–water partition coefficient (Wildman–Crippen LogP) is 9.40. The van der Waals surface area contributed by atoms with Crippen LogP contribution in [0.5, 0.6) is 0 Å². The van der Waals surface area contributed by atoms with Gasteiger partial charge < -0.3 is 29.9 Å². The minimum absolute atomic E-state index is 0.0120. The lowest BCUT2D eigenvalue weighted by molar-refractivity contribution is -0.305. The van der Waals surface area contributed by atoms with Crippen molar-refractivity contribution in [2.75, 3.05) is 0 Å². The average Bonchev–Trinajstić information content (AvgIpc) is 3.03. The molecule has 6 nitrogen and oxygen atoms in total. The maximum absolute atomic E-state index is 10.4. The molecule has 0 aromatic carbocycles. The van der Waals surface area contributed by atoms with E-state index in [1.165, 1.54) is 33.4 Å². The first kappa shape index (κ1) is 43.3. The van der Waals surface area contributed by atoms with Crippen molar-refractivity contribution in [3.63, 3.8) is 0 Å². The molecule has 286 valence electrons. The van der Waals surface area contributed by atoms with Crippen molar-refractivity contribution in [2.24, 2.45) is 10.8 Å². The zero-order valence-corrected chi connectivity index (χ0v) is 33.6. The zero-order valence-electron chi connectivity index (χ0n) is 33.6. The third kappa shape index (κ3) is 12.8. The standard InChI is InChI=1S/C46H66O6/c1-30(18-14-20-32(3)22-24-39-34(5)26-37(47)28-45(39,8)9)16-12-13-17-31(2)19-15-21-33(4)23-25-40-35(6)27-38(29-46(40,10)11)52-44-43(50)42(49)41(48)36(7)51-44/h12-25,36-38,41-44,47-50H,26-29H2,1-11H3/b13-12+,18-14+,19-15+,24-22+,25-23+,30-16+,31-17-,32-20+,33-21+/t36-,37+,38+,41-,42+,43+,44+/m0/s1. The van der Waals surface area contributed by atoms with Crippen LogP contribution in [0.2, 0.25) is 0 Å². The molecule has 1 heterocycles. The zero-order chi connectivity index (χ0) is 38.8. The molecule has 0 bridgehead atoms. The number of allylic oxidation sites excluding steroid dienone is 20. The second-order valence-electron chi connectivity index (χ2n) is 16.5. The lowest BCUT2D eigenvalue weighted by atomic mass is 9.71. The van der Waals surface area contributed by atoms with E-state index in [1.807, 2.05) is 0 Å². The molecule has 0 aromatic rings. The summed E-state index contributed by atoms with van der Waals surface area (Å²) in [6, 6.07) is 0. The number of hydrogen-bond acceptors (Lipinski definition) is 6. The van der Waals surface area contributed by atoms with E-state index in [-0.39, 0.29) is 23.0 Å². The van der Waals surface area contributed by atoms with Crippen LogP contribution in [0.15, 0.2) is 130 Å². The minimum Gasteiger partial charge on any atom is -0.393 e. The van der Waals surface area contributed by atoms with Crippen LogP contribution in [-0.4, -0.2) is 63.3 Å². The highest BCUT2D eigenvalue weighted by Gasteiger charge is 2.44. The monoisotopic (exact) mass is 714 g/mol. The van der Waals surface area contributed by atoms with Crippen LogP contribution < -0.4 is 0 Å². The van der Waals surface area contributed by atoms with Crippen molar-refractivity contribution in [3.8, 4) is 0 Å². The molecule has 1 aliphatic heterocycles. The van der Waals surface area contributed by atoms with Gasteiger partial charge in [0.05, 0.1) is 18.3 Å². The molecule has 0 aromatic heterocycles. The Balaban J connectivity index is 1.51. The van der Waals surface area contributed by atoms with Gasteiger partial charge in [0, 0.05) is 0 Å². The van der Waals surface area contributed by atoms with Gasteiger partial charge in [-0.25, -0.2) is 0 Å². The number of aliphatic hydroxyl groups excluding tert-OH is 4. The Hall–Kier alpha value is -3.10. The van der Waals surface area contributed by atoms with Gasteiger partial charge >= 0.3 is 0 Å². The number of rotatable bonds is 12. The van der Waals surface area contributed by atoms with Crippen LogP contribution in [0.4, 0.5) is 0 Å². The summed E-state index contributed by atoms with van der Waals surface area (Å²) in [5.41, 5.74) is 9.59. The SMILES string of the molecule is CC1=C(/C=C/C(C)=C/C=C/C(C)=C/C=C/C=C(C)\C=C\C=C(C)\C=C\C2=C(C)C[C@@H](O[C@H]3O[C@@H](C)[C@H](O)[C@@H](O)[C@H]3O)CC2(C)C)C(C)(C)C[C@H](O)C1. The molecule has 52 heavy (non-hydrogen) atoms. The van der Waals surface area contributed by atoms with E-state index >= 15 is 0 Å². The van der Waals surface area contributed by atoms with Crippen molar-refractivity contribution in [3.05, 3.63) is 130 Å². The highest BCUT2D eigenvalue weighted by atomic mass is 16.7. The van der Waals surface area contributed by atoms with Crippen LogP contribution in [0.1, 0.15) is 102 Å². The summed E-state index contributed by atoms with van der Waals surface area (Å²) in [5.74, 6) is 0. The van der Waals surface area contributed by atoms with Gasteiger partial charge in [0.25, 0.3) is 0 Å². The van der Waals surface area contributed by atoms with Gasteiger partial charge in [-0.2, -0.15) is 0 Å². The van der Waals surface area contributed by atoms with Crippen molar-refractivity contribution in [2.45, 2.75) is 145 Å². The number of aliphatic hydroxyl groups is 4. The van der Waals surface area contributed by atoms with Gasteiger partial charge in [0.2, 0.25) is 0 Å². The molecular weight excluding hydrogens is 649 g/mol. The van der Waals surface area contributed by atoms with Gasteiger partial charge in [0.1, 0.15) is 18.3 Å². The summed E-state index contributed by atoms with van der Waals surface area (Å²) in [4.78, 5) is 0. The maximum Gasteiger partial charge on any atom is 0.186 e. The van der Waals surface area contributed by atoms with Crippen molar-refractivity contribution in [1.82, 2.24) is 0 Å². The molecule has 0 spiro atoms. The Morgan fingerprint density at radius 1 is 0.615 bits per heavy atom. The summed E-state index contributed by atoms with van der Waals surface area (Å²) >= 11 is 0. The van der Waals surface area contributed by atoms with Crippen molar-refractivity contribution >= 4 is 0 Å². The van der Waals surface area contributed by atoms with Crippen molar-refractivity contribution < 1.29 is 29.9 Å². The quantitative estimate of drug-likeness (QED) is 0.150. The lowest BCUT2D eigenvalue weighted by Gasteiger charge is -2.43. The second-order valence-corrected chi connectivity index (χ2v) is 16.5. The third-order valence-corrected chi connectivity index (χ3v) is 10.4. The van der Waals surface area contributed by atoms with Crippen LogP contribution in [0.25, 0.3) is 0 Å². The molecule has 6 heteroatoms. The van der Waals surface area contributed by atoms with E-state index in [2.05, 4.69) is 154 Å².